The molecule has 4 N–H and O–H groups in total. The summed E-state index contributed by atoms with van der Waals surface area (Å²) in [6, 6.07) is 0. The summed E-state index contributed by atoms with van der Waals surface area (Å²) in [6.45, 7) is -1.38. The number of H-pyrrole nitrogens is 1. The highest BCUT2D eigenvalue weighted by Gasteiger charge is 2.58. The van der Waals surface area contributed by atoms with E-state index in [1.54, 1.807) is 6.92 Å². The van der Waals surface area contributed by atoms with Gasteiger partial charge in [-0.1, -0.05) is 6.92 Å². The van der Waals surface area contributed by atoms with Gasteiger partial charge in [0.1, 0.15) is 18.3 Å². The van der Waals surface area contributed by atoms with Crippen LogP contribution in [0.15, 0.2) is 15.8 Å². The molecule has 0 radical (unpaired) electrons. The second-order valence-corrected chi connectivity index (χ2v) is 8.31. The molecule has 0 aromatic carbocycles. The quantitative estimate of drug-likeness (QED) is 0.441. The Kier molecular flexibility index (Phi) is 6.02. The Morgan fingerprint density at radius 3 is 2.60 bits per heavy atom. The van der Waals surface area contributed by atoms with Crippen LogP contribution in [-0.4, -0.2) is 56.5 Å². The molecule has 1 unspecified atom stereocenters. The summed E-state index contributed by atoms with van der Waals surface area (Å²) in [7, 11) is 1.33. The molecule has 0 bridgehead atoms. The summed E-state index contributed by atoms with van der Waals surface area (Å²) < 4.78 is 17.6. The monoisotopic (exact) mass is 396 g/mol. The number of methoxy groups -OCH3 is 1. The Labute approximate surface area is 148 Å². The highest BCUT2D eigenvalue weighted by atomic mass is 32.5. The highest BCUT2D eigenvalue weighted by Crippen LogP contribution is 2.47. The average Bonchev–Trinajstić information content (AvgIpc) is 2.82. The fourth-order valence-electron chi connectivity index (χ4n) is 3.09. The molecule has 2 heterocycles. The van der Waals surface area contributed by atoms with Gasteiger partial charge in [-0.15, -0.1) is 0 Å². The molecule has 1 aromatic heterocycles. The highest BCUT2D eigenvalue weighted by molar-refractivity contribution is 8.06. The van der Waals surface area contributed by atoms with E-state index in [0.717, 1.165) is 4.57 Å². The van der Waals surface area contributed by atoms with E-state index < -0.39 is 48.6 Å². The molecular weight excluding hydrogens is 375 g/mol. The minimum Gasteiger partial charge on any atom is -0.394 e. The lowest BCUT2D eigenvalue weighted by Gasteiger charge is -2.35. The van der Waals surface area contributed by atoms with E-state index >= 15 is 0 Å². The molecule has 2 rings (SSSR count). The van der Waals surface area contributed by atoms with Gasteiger partial charge >= 0.3 is 12.4 Å². The summed E-state index contributed by atoms with van der Waals surface area (Å²) in [5.41, 5.74) is -2.44. The van der Waals surface area contributed by atoms with Crippen molar-refractivity contribution in [3.05, 3.63) is 32.6 Å². The summed E-state index contributed by atoms with van der Waals surface area (Å²) >= 11 is 4.51. The first-order valence-corrected chi connectivity index (χ1v) is 10.1. The van der Waals surface area contributed by atoms with Gasteiger partial charge in [-0.25, -0.2) is 4.79 Å². The molecule has 1 saturated heterocycles. The minimum absolute atomic E-state index is 0.201. The third-order valence-corrected chi connectivity index (χ3v) is 4.97. The van der Waals surface area contributed by atoms with Crippen LogP contribution in [0.2, 0.25) is 0 Å². The zero-order valence-electron chi connectivity index (χ0n) is 13.9. The molecule has 25 heavy (non-hydrogen) atoms. The Hall–Kier alpha value is -0.910. The van der Waals surface area contributed by atoms with Gasteiger partial charge in [0, 0.05) is 18.9 Å². The Morgan fingerprint density at radius 1 is 1.48 bits per heavy atom. The van der Waals surface area contributed by atoms with Crippen LogP contribution in [0.4, 0.5) is 0 Å². The van der Waals surface area contributed by atoms with Crippen molar-refractivity contribution in [2.24, 2.45) is 0 Å². The van der Waals surface area contributed by atoms with Gasteiger partial charge in [-0.2, -0.15) is 0 Å². The molecule has 1 aliphatic heterocycles. The molecule has 12 heteroatoms. The predicted molar refractivity (Wildman–Crippen MR) is 90.7 cm³/mol. The first kappa shape index (κ1) is 20.4. The standard InChI is InChI=1S/C13H21N2O8PS/c1-4-13(15-5-7(2)11(17)14-12(15)18)10(21-3)9(8(6-16)22-13)23-24(19,20)25/h5,8-10,16H,4,6H2,1-3H3,(H,14,17,18)(H2,19,20,25)/t8-,9-,10?,13-/m1/s1. The lowest BCUT2D eigenvalue weighted by atomic mass is 9.99. The molecule has 142 valence electrons. The number of ether oxygens (including phenoxy) is 2. The molecule has 1 aliphatic rings. The van der Waals surface area contributed by atoms with Crippen LogP contribution >= 0.6 is 6.72 Å². The van der Waals surface area contributed by atoms with E-state index in [1.165, 1.54) is 20.2 Å². The first-order chi connectivity index (χ1) is 11.6. The summed E-state index contributed by atoms with van der Waals surface area (Å²) in [5.74, 6) is 0. The van der Waals surface area contributed by atoms with E-state index in [0.29, 0.717) is 0 Å². The predicted octanol–water partition coefficient (Wildman–Crippen LogP) is -1.09. The largest absolute Gasteiger partial charge is 0.394 e. The Bertz CT molecular complexity index is 789. The number of aromatic amines is 1. The molecule has 10 nitrogen and oxygen atoms in total. The molecule has 0 amide bonds. The van der Waals surface area contributed by atoms with Gasteiger partial charge in [0.05, 0.1) is 6.61 Å². The fraction of sp³-hybridized carbons (Fsp3) is 0.692. The average molecular weight is 396 g/mol. The maximum atomic E-state index is 12.3. The second kappa shape index (κ2) is 7.37. The van der Waals surface area contributed by atoms with Crippen molar-refractivity contribution < 1.29 is 28.9 Å². The third kappa shape index (κ3) is 3.79. The Morgan fingerprint density at radius 2 is 2.12 bits per heavy atom. The van der Waals surface area contributed by atoms with Gasteiger partial charge in [0.25, 0.3) is 5.56 Å². The zero-order valence-corrected chi connectivity index (χ0v) is 15.6. The van der Waals surface area contributed by atoms with E-state index in [4.69, 9.17) is 14.0 Å². The van der Waals surface area contributed by atoms with Crippen LogP contribution in [0.25, 0.3) is 0 Å². The summed E-state index contributed by atoms with van der Waals surface area (Å²) in [6.07, 6.45) is -1.63. The lowest BCUT2D eigenvalue weighted by Crippen LogP contribution is -2.52. The number of aliphatic hydroxyl groups is 1. The number of hydrogen-bond donors (Lipinski definition) is 4. The molecule has 0 spiro atoms. The number of hydrogen-bond acceptors (Lipinski definition) is 7. The smallest absolute Gasteiger partial charge is 0.330 e. The maximum absolute atomic E-state index is 12.3. The van der Waals surface area contributed by atoms with E-state index in [-0.39, 0.29) is 12.0 Å². The van der Waals surface area contributed by atoms with Crippen molar-refractivity contribution >= 4 is 18.5 Å². The van der Waals surface area contributed by atoms with Crippen molar-refractivity contribution in [1.82, 2.24) is 9.55 Å². The van der Waals surface area contributed by atoms with E-state index in [9.17, 15) is 24.5 Å². The van der Waals surface area contributed by atoms with Crippen LogP contribution < -0.4 is 11.2 Å². The van der Waals surface area contributed by atoms with Crippen molar-refractivity contribution in [2.45, 2.75) is 44.3 Å². The molecule has 0 aliphatic carbocycles. The van der Waals surface area contributed by atoms with Crippen molar-refractivity contribution in [2.75, 3.05) is 13.7 Å². The topological polar surface area (TPSA) is 143 Å². The number of nitrogens with zero attached hydrogens (tertiary/aromatic N) is 1. The molecule has 1 fully saturated rings. The maximum Gasteiger partial charge on any atom is 0.330 e. The summed E-state index contributed by atoms with van der Waals surface area (Å²) in [5, 5.41) is 9.60. The molecular formula is C13H21N2O8PS. The third-order valence-electron chi connectivity index (χ3n) is 4.19. The van der Waals surface area contributed by atoms with E-state index in [1.807, 2.05) is 0 Å². The number of aromatic nitrogens is 2. The van der Waals surface area contributed by atoms with Gasteiger partial charge in [-0.05, 0) is 25.2 Å². The normalized spacial score (nSPS) is 29.9. The molecule has 4 atom stereocenters. The van der Waals surface area contributed by atoms with Crippen molar-refractivity contribution in [1.29, 1.82) is 0 Å². The summed E-state index contributed by atoms with van der Waals surface area (Å²) in [4.78, 5) is 45.2. The van der Waals surface area contributed by atoms with E-state index in [2.05, 4.69) is 16.8 Å². The number of nitrogens with one attached hydrogen (secondary N) is 1. The molecule has 0 saturated carbocycles. The van der Waals surface area contributed by atoms with Crippen LogP contribution in [0.5, 0.6) is 0 Å². The fourth-order valence-corrected chi connectivity index (χ4v) is 3.95. The SMILES string of the molecule is CC[C@@]1(n2cc(C)c(=O)[nH]c2=O)O[C@H](CO)[C@@H](OP(O)(O)=S)C1OC. The number of aryl methyl sites for hydroxylation is 1. The second-order valence-electron chi connectivity index (χ2n) is 5.70. The van der Waals surface area contributed by atoms with Crippen LogP contribution in [0.3, 0.4) is 0 Å². The number of rotatable bonds is 6. The van der Waals surface area contributed by atoms with Crippen LogP contribution in [0, 0.1) is 6.92 Å². The first-order valence-electron chi connectivity index (χ1n) is 7.48. The van der Waals surface area contributed by atoms with Crippen molar-refractivity contribution in [3.8, 4) is 0 Å². The van der Waals surface area contributed by atoms with Gasteiger partial charge in [0.15, 0.2) is 5.72 Å². The Balaban J connectivity index is 2.63. The van der Waals surface area contributed by atoms with Crippen LogP contribution in [0.1, 0.15) is 18.9 Å². The van der Waals surface area contributed by atoms with Gasteiger partial charge in [0.2, 0.25) is 0 Å². The zero-order chi connectivity index (χ0) is 19.0. The van der Waals surface area contributed by atoms with Crippen LogP contribution in [-0.2, 0) is 31.5 Å². The number of aliphatic hydroxyl groups excluding tert-OH is 1. The molecule has 1 aromatic rings. The minimum atomic E-state index is -4.09. The van der Waals surface area contributed by atoms with Gasteiger partial charge < -0.3 is 24.4 Å². The van der Waals surface area contributed by atoms with Gasteiger partial charge in [-0.3, -0.25) is 18.9 Å². The van der Waals surface area contributed by atoms with Crippen molar-refractivity contribution in [3.63, 3.8) is 0 Å². The lowest BCUT2D eigenvalue weighted by molar-refractivity contribution is -0.159.